The Morgan fingerprint density at radius 2 is 1.78 bits per heavy atom. The van der Waals surface area contributed by atoms with E-state index >= 15 is 0 Å². The topological polar surface area (TPSA) is 24.5 Å². The molecule has 3 nitrogen and oxygen atoms in total. The Kier molecular flexibility index (Phi) is 3.52. The molecule has 3 heteroatoms. The molecule has 0 atom stereocenters. The molecule has 1 aromatic carbocycles. The van der Waals surface area contributed by atoms with E-state index < -0.39 is 0 Å². The van der Waals surface area contributed by atoms with E-state index in [1.165, 1.54) is 44.6 Å². The molecule has 1 aromatic rings. The highest BCUT2D eigenvalue weighted by molar-refractivity contribution is 5.29. The van der Waals surface area contributed by atoms with Crippen LogP contribution in [0.15, 0.2) is 24.3 Å². The van der Waals surface area contributed by atoms with Crippen LogP contribution in [-0.2, 0) is 0 Å². The van der Waals surface area contributed by atoms with Gasteiger partial charge in [0.2, 0.25) is 0 Å². The summed E-state index contributed by atoms with van der Waals surface area (Å²) in [6, 6.07) is 9.42. The maximum atomic E-state index is 5.21. The van der Waals surface area contributed by atoms with Gasteiger partial charge in [0, 0.05) is 19.1 Å². The van der Waals surface area contributed by atoms with Crippen molar-refractivity contribution in [3.8, 4) is 5.75 Å². The second kappa shape index (κ2) is 5.29. The zero-order valence-corrected chi connectivity index (χ0v) is 11.1. The molecule has 2 heterocycles. The first-order valence-corrected chi connectivity index (χ1v) is 6.95. The largest absolute Gasteiger partial charge is 0.497 e. The molecule has 0 unspecified atom stereocenters. The Labute approximate surface area is 109 Å². The van der Waals surface area contributed by atoms with Crippen LogP contribution in [0.5, 0.6) is 5.75 Å². The van der Waals surface area contributed by atoms with E-state index in [4.69, 9.17) is 4.74 Å². The van der Waals surface area contributed by atoms with E-state index in [0.29, 0.717) is 0 Å². The molecule has 0 aromatic heterocycles. The molecule has 2 saturated heterocycles. The monoisotopic (exact) mass is 246 g/mol. The molecule has 0 amide bonds. The average molecular weight is 246 g/mol. The van der Waals surface area contributed by atoms with Crippen molar-refractivity contribution < 1.29 is 4.74 Å². The number of nitrogens with one attached hydrogen (secondary N) is 1. The fraction of sp³-hybridized carbons (Fsp3) is 0.600. The number of rotatable bonds is 3. The normalized spacial score (nSPS) is 22.7. The van der Waals surface area contributed by atoms with E-state index in [9.17, 15) is 0 Å². The summed E-state index contributed by atoms with van der Waals surface area (Å²) in [7, 11) is 1.72. The quantitative estimate of drug-likeness (QED) is 0.881. The van der Waals surface area contributed by atoms with Gasteiger partial charge in [-0.25, -0.2) is 0 Å². The van der Waals surface area contributed by atoms with Crippen molar-refractivity contribution in [2.45, 2.75) is 24.8 Å². The molecule has 0 radical (unpaired) electrons. The van der Waals surface area contributed by atoms with Crippen LogP contribution < -0.4 is 10.1 Å². The maximum absolute atomic E-state index is 5.21. The zero-order valence-electron chi connectivity index (χ0n) is 11.1. The Hall–Kier alpha value is -1.06. The lowest BCUT2D eigenvalue weighted by atomic mass is 9.88. The first-order chi connectivity index (χ1) is 8.86. The lowest BCUT2D eigenvalue weighted by Crippen LogP contribution is -2.58. The standard InChI is InChI=1S/C15H22N2O/c1-18-15-4-2-12(3-5-15)13-6-8-17(9-7-13)14-10-16-11-14/h2-5,13-14,16H,6-11H2,1H3. The van der Waals surface area contributed by atoms with Crippen LogP contribution >= 0.6 is 0 Å². The molecule has 0 saturated carbocycles. The van der Waals surface area contributed by atoms with Gasteiger partial charge in [-0.1, -0.05) is 12.1 Å². The highest BCUT2D eigenvalue weighted by Gasteiger charge is 2.28. The van der Waals surface area contributed by atoms with E-state index in [1.807, 2.05) is 0 Å². The van der Waals surface area contributed by atoms with Crippen LogP contribution in [0.4, 0.5) is 0 Å². The van der Waals surface area contributed by atoms with E-state index in [-0.39, 0.29) is 0 Å². The van der Waals surface area contributed by atoms with Crippen molar-refractivity contribution in [2.24, 2.45) is 0 Å². The van der Waals surface area contributed by atoms with Gasteiger partial charge in [-0.15, -0.1) is 0 Å². The summed E-state index contributed by atoms with van der Waals surface area (Å²) in [6.07, 6.45) is 2.59. The van der Waals surface area contributed by atoms with Crippen LogP contribution in [0.1, 0.15) is 24.3 Å². The van der Waals surface area contributed by atoms with Crippen molar-refractivity contribution in [1.29, 1.82) is 0 Å². The first-order valence-electron chi connectivity index (χ1n) is 6.95. The minimum Gasteiger partial charge on any atom is -0.497 e. The van der Waals surface area contributed by atoms with Crippen LogP contribution in [0.2, 0.25) is 0 Å². The van der Waals surface area contributed by atoms with Crippen LogP contribution in [0.3, 0.4) is 0 Å². The Morgan fingerprint density at radius 1 is 1.11 bits per heavy atom. The molecule has 2 fully saturated rings. The number of nitrogens with zero attached hydrogens (tertiary/aromatic N) is 1. The van der Waals surface area contributed by atoms with Crippen LogP contribution in [0, 0.1) is 0 Å². The third-order valence-corrected chi connectivity index (χ3v) is 4.39. The lowest BCUT2D eigenvalue weighted by molar-refractivity contribution is 0.113. The number of benzene rings is 1. The first kappa shape index (κ1) is 12.0. The summed E-state index contributed by atoms with van der Waals surface area (Å²) in [4.78, 5) is 2.65. The smallest absolute Gasteiger partial charge is 0.118 e. The van der Waals surface area contributed by atoms with Gasteiger partial charge in [0.25, 0.3) is 0 Å². The third-order valence-electron chi connectivity index (χ3n) is 4.39. The van der Waals surface area contributed by atoms with Crippen molar-refractivity contribution >= 4 is 0 Å². The fourth-order valence-corrected chi connectivity index (χ4v) is 3.01. The highest BCUT2D eigenvalue weighted by Crippen LogP contribution is 2.30. The van der Waals surface area contributed by atoms with Gasteiger partial charge < -0.3 is 10.1 Å². The number of hydrogen-bond acceptors (Lipinski definition) is 3. The van der Waals surface area contributed by atoms with Gasteiger partial charge in [-0.05, 0) is 49.5 Å². The van der Waals surface area contributed by atoms with Gasteiger partial charge in [-0.3, -0.25) is 4.90 Å². The zero-order chi connectivity index (χ0) is 12.4. The van der Waals surface area contributed by atoms with Gasteiger partial charge >= 0.3 is 0 Å². The number of piperidine rings is 1. The molecular formula is C15H22N2O. The third kappa shape index (κ3) is 2.38. The summed E-state index contributed by atoms with van der Waals surface area (Å²) in [5.74, 6) is 1.69. The maximum Gasteiger partial charge on any atom is 0.118 e. The predicted octanol–water partition coefficient (Wildman–Crippen LogP) is 1.85. The molecule has 1 N–H and O–H groups in total. The molecule has 2 aliphatic rings. The molecule has 3 rings (SSSR count). The molecule has 0 bridgehead atoms. The minimum atomic E-state index is 0.736. The molecular weight excluding hydrogens is 224 g/mol. The van der Waals surface area contributed by atoms with Gasteiger partial charge in [0.1, 0.15) is 5.75 Å². The van der Waals surface area contributed by atoms with E-state index in [1.54, 1.807) is 7.11 Å². The Bertz CT molecular complexity index is 378. The van der Waals surface area contributed by atoms with Crippen molar-refractivity contribution in [3.63, 3.8) is 0 Å². The molecule has 0 spiro atoms. The highest BCUT2D eigenvalue weighted by atomic mass is 16.5. The summed E-state index contributed by atoms with van der Waals surface area (Å²) in [5, 5.41) is 3.36. The summed E-state index contributed by atoms with van der Waals surface area (Å²) < 4.78 is 5.21. The summed E-state index contributed by atoms with van der Waals surface area (Å²) in [5.41, 5.74) is 1.47. The number of methoxy groups -OCH3 is 1. The Morgan fingerprint density at radius 3 is 2.28 bits per heavy atom. The second-order valence-corrected chi connectivity index (χ2v) is 5.40. The van der Waals surface area contributed by atoms with Crippen molar-refractivity contribution in [1.82, 2.24) is 10.2 Å². The summed E-state index contributed by atoms with van der Waals surface area (Å²) in [6.45, 7) is 4.88. The molecule has 98 valence electrons. The number of ether oxygens (including phenoxy) is 1. The van der Waals surface area contributed by atoms with Crippen LogP contribution in [-0.4, -0.2) is 44.2 Å². The Balaban J connectivity index is 1.57. The average Bonchev–Trinajstić information content (AvgIpc) is 2.38. The minimum absolute atomic E-state index is 0.736. The fourth-order valence-electron chi connectivity index (χ4n) is 3.01. The van der Waals surface area contributed by atoms with E-state index in [0.717, 1.165) is 17.7 Å². The van der Waals surface area contributed by atoms with Gasteiger partial charge in [0.15, 0.2) is 0 Å². The van der Waals surface area contributed by atoms with Gasteiger partial charge in [0.05, 0.1) is 7.11 Å². The molecule has 0 aliphatic carbocycles. The lowest BCUT2D eigenvalue weighted by Gasteiger charge is -2.42. The second-order valence-electron chi connectivity index (χ2n) is 5.40. The van der Waals surface area contributed by atoms with Crippen molar-refractivity contribution in [2.75, 3.05) is 33.3 Å². The molecule has 18 heavy (non-hydrogen) atoms. The van der Waals surface area contributed by atoms with Gasteiger partial charge in [-0.2, -0.15) is 0 Å². The SMILES string of the molecule is COc1ccc(C2CCN(C3CNC3)CC2)cc1. The number of likely N-dealkylation sites (tertiary alicyclic amines) is 1. The van der Waals surface area contributed by atoms with E-state index in [2.05, 4.69) is 34.5 Å². The predicted molar refractivity (Wildman–Crippen MR) is 73.2 cm³/mol. The summed E-state index contributed by atoms with van der Waals surface area (Å²) >= 11 is 0. The number of hydrogen-bond donors (Lipinski definition) is 1. The van der Waals surface area contributed by atoms with Crippen molar-refractivity contribution in [3.05, 3.63) is 29.8 Å². The van der Waals surface area contributed by atoms with Crippen LogP contribution in [0.25, 0.3) is 0 Å². The molecule has 2 aliphatic heterocycles.